The van der Waals surface area contributed by atoms with Crippen molar-refractivity contribution in [2.24, 2.45) is 5.92 Å². The summed E-state index contributed by atoms with van der Waals surface area (Å²) in [5, 5.41) is 1.12. The zero-order chi connectivity index (χ0) is 21.8. The van der Waals surface area contributed by atoms with Crippen molar-refractivity contribution < 1.29 is 4.79 Å². The van der Waals surface area contributed by atoms with Crippen molar-refractivity contribution in [1.82, 2.24) is 14.9 Å². The van der Waals surface area contributed by atoms with Crippen LogP contribution < -0.4 is 4.90 Å². The van der Waals surface area contributed by atoms with Crippen LogP contribution in [-0.4, -0.2) is 47.0 Å². The minimum atomic E-state index is 0.134. The summed E-state index contributed by atoms with van der Waals surface area (Å²) in [6, 6.07) is 12.7. The minimum absolute atomic E-state index is 0.134. The molecule has 0 aliphatic carbocycles. The average Bonchev–Trinajstić information content (AvgIpc) is 3.22. The fourth-order valence-electron chi connectivity index (χ4n) is 4.46. The molecule has 1 aromatic carbocycles. The molecule has 0 spiro atoms. The first-order valence-electron chi connectivity index (χ1n) is 11.5. The third kappa shape index (κ3) is 4.74. The Bertz CT molecular complexity index is 1020. The monoisotopic (exact) mass is 436 g/mol. The lowest BCUT2D eigenvalue weighted by atomic mass is 9.95. The molecule has 31 heavy (non-hydrogen) atoms. The molecule has 2 aromatic heterocycles. The predicted molar refractivity (Wildman–Crippen MR) is 130 cm³/mol. The maximum atomic E-state index is 13.0. The maximum absolute atomic E-state index is 13.0. The topological polar surface area (TPSA) is 49.3 Å². The van der Waals surface area contributed by atoms with E-state index in [2.05, 4.69) is 54.0 Å². The molecule has 0 bridgehead atoms. The molecular formula is C25H32N4OS. The zero-order valence-electron chi connectivity index (χ0n) is 18.8. The molecule has 1 fully saturated rings. The lowest BCUT2D eigenvalue weighted by molar-refractivity contribution is -0.136. The second kappa shape index (κ2) is 9.77. The van der Waals surface area contributed by atoms with Crippen molar-refractivity contribution in [1.29, 1.82) is 0 Å². The van der Waals surface area contributed by atoms with E-state index < -0.39 is 0 Å². The fourth-order valence-corrected chi connectivity index (χ4v) is 5.54. The smallest absolute Gasteiger partial charge is 0.225 e. The van der Waals surface area contributed by atoms with E-state index in [9.17, 15) is 4.79 Å². The summed E-state index contributed by atoms with van der Waals surface area (Å²) < 4.78 is 0. The van der Waals surface area contributed by atoms with Crippen LogP contribution in [0.4, 0.5) is 5.82 Å². The van der Waals surface area contributed by atoms with Gasteiger partial charge in [0.05, 0.1) is 5.39 Å². The largest absolute Gasteiger partial charge is 0.356 e. The van der Waals surface area contributed by atoms with Gasteiger partial charge in [-0.3, -0.25) is 4.79 Å². The van der Waals surface area contributed by atoms with Gasteiger partial charge >= 0.3 is 0 Å². The summed E-state index contributed by atoms with van der Waals surface area (Å²) in [5.41, 5.74) is 1.21. The second-order valence-electron chi connectivity index (χ2n) is 8.38. The van der Waals surface area contributed by atoms with Crippen LogP contribution in [-0.2, 0) is 4.79 Å². The number of carbonyl (C=O) groups excluding carboxylic acids is 1. The lowest BCUT2D eigenvalue weighted by Crippen LogP contribution is -2.43. The molecule has 1 amide bonds. The van der Waals surface area contributed by atoms with Crippen LogP contribution in [0.2, 0.25) is 0 Å². The van der Waals surface area contributed by atoms with Gasteiger partial charge in [0, 0.05) is 37.0 Å². The van der Waals surface area contributed by atoms with Gasteiger partial charge in [0.2, 0.25) is 5.91 Å². The third-order valence-electron chi connectivity index (χ3n) is 5.99. The molecule has 1 aliphatic rings. The molecule has 1 saturated heterocycles. The van der Waals surface area contributed by atoms with Gasteiger partial charge in [0.25, 0.3) is 0 Å². The van der Waals surface area contributed by atoms with Crippen molar-refractivity contribution in [3.8, 4) is 10.4 Å². The predicted octanol–water partition coefficient (Wildman–Crippen LogP) is 5.53. The number of amides is 1. The van der Waals surface area contributed by atoms with Crippen molar-refractivity contribution in [3.63, 3.8) is 0 Å². The normalized spacial score (nSPS) is 14.9. The summed E-state index contributed by atoms with van der Waals surface area (Å²) in [5.74, 6) is 2.30. The molecule has 0 unspecified atom stereocenters. The van der Waals surface area contributed by atoms with Crippen molar-refractivity contribution in [3.05, 3.63) is 42.2 Å². The number of piperidine rings is 1. The maximum Gasteiger partial charge on any atom is 0.225 e. The van der Waals surface area contributed by atoms with Crippen LogP contribution in [0.15, 0.2) is 36.4 Å². The number of fused-ring (bicyclic) bond motifs is 1. The quantitative estimate of drug-likeness (QED) is 0.488. The van der Waals surface area contributed by atoms with Crippen molar-refractivity contribution >= 4 is 33.3 Å². The minimum Gasteiger partial charge on any atom is -0.356 e. The van der Waals surface area contributed by atoms with Crippen LogP contribution in [0.25, 0.3) is 20.7 Å². The Morgan fingerprint density at radius 2 is 1.77 bits per heavy atom. The average molecular weight is 437 g/mol. The molecular weight excluding hydrogens is 404 g/mol. The first-order chi connectivity index (χ1) is 15.1. The van der Waals surface area contributed by atoms with Crippen molar-refractivity contribution in [2.75, 3.05) is 31.1 Å². The highest BCUT2D eigenvalue weighted by Crippen LogP contribution is 2.37. The number of rotatable bonds is 7. The number of thiophene rings is 1. The molecule has 0 atom stereocenters. The van der Waals surface area contributed by atoms with Gasteiger partial charge in [-0.1, -0.05) is 44.2 Å². The van der Waals surface area contributed by atoms with E-state index >= 15 is 0 Å². The summed E-state index contributed by atoms with van der Waals surface area (Å²) in [7, 11) is 0. The number of benzene rings is 1. The van der Waals surface area contributed by atoms with Crippen LogP contribution >= 0.6 is 11.3 Å². The molecule has 1 aliphatic heterocycles. The Morgan fingerprint density at radius 3 is 2.42 bits per heavy atom. The molecule has 5 nitrogen and oxygen atoms in total. The number of aryl methyl sites for hydroxylation is 1. The van der Waals surface area contributed by atoms with Crippen LogP contribution in [0.3, 0.4) is 0 Å². The third-order valence-corrected chi connectivity index (χ3v) is 7.06. The van der Waals surface area contributed by atoms with Gasteiger partial charge in [0.1, 0.15) is 16.5 Å². The second-order valence-corrected chi connectivity index (χ2v) is 9.41. The highest BCUT2D eigenvalue weighted by Gasteiger charge is 2.29. The molecule has 164 valence electrons. The molecule has 3 aromatic rings. The SMILES string of the molecule is CCCN(CCC)C(=O)C1CCN(c2nc(C)nc3sc(-c4ccccc4)cc23)CC1. The lowest BCUT2D eigenvalue weighted by Gasteiger charge is -2.35. The van der Waals surface area contributed by atoms with Crippen LogP contribution in [0.5, 0.6) is 0 Å². The number of carbonyl (C=O) groups is 1. The first kappa shape index (κ1) is 21.8. The van der Waals surface area contributed by atoms with E-state index in [1.54, 1.807) is 11.3 Å². The first-order valence-corrected chi connectivity index (χ1v) is 12.3. The Hall–Kier alpha value is -2.47. The fraction of sp³-hybridized carbons (Fsp3) is 0.480. The molecule has 4 rings (SSSR count). The summed E-state index contributed by atoms with van der Waals surface area (Å²) in [4.78, 5) is 29.2. The van der Waals surface area contributed by atoms with Gasteiger partial charge < -0.3 is 9.80 Å². The van der Waals surface area contributed by atoms with E-state index in [0.29, 0.717) is 5.91 Å². The van der Waals surface area contributed by atoms with Crippen molar-refractivity contribution in [2.45, 2.75) is 46.5 Å². The highest BCUT2D eigenvalue weighted by molar-refractivity contribution is 7.21. The molecule has 0 radical (unpaired) electrons. The van der Waals surface area contributed by atoms with Crippen LogP contribution in [0.1, 0.15) is 45.4 Å². The standard InChI is InChI=1S/C25H32N4OS/c1-4-13-29(14-5-2)25(30)20-11-15-28(16-12-20)23-21-17-22(19-9-7-6-8-10-19)31-24(21)27-18(3)26-23/h6-10,17,20H,4-5,11-16H2,1-3H3. The van der Waals surface area contributed by atoms with E-state index in [4.69, 9.17) is 9.97 Å². The van der Waals surface area contributed by atoms with Gasteiger partial charge in [-0.25, -0.2) is 9.97 Å². The number of nitrogens with zero attached hydrogens (tertiary/aromatic N) is 4. The Balaban J connectivity index is 1.53. The number of anilines is 1. The Morgan fingerprint density at radius 1 is 1.10 bits per heavy atom. The molecule has 0 saturated carbocycles. The Kier molecular flexibility index (Phi) is 6.86. The summed E-state index contributed by atoms with van der Waals surface area (Å²) >= 11 is 1.72. The van der Waals surface area contributed by atoms with E-state index in [1.165, 1.54) is 10.4 Å². The van der Waals surface area contributed by atoms with Crippen LogP contribution in [0, 0.1) is 12.8 Å². The van der Waals surface area contributed by atoms with Gasteiger partial charge in [-0.2, -0.15) is 0 Å². The highest BCUT2D eigenvalue weighted by atomic mass is 32.1. The molecule has 3 heterocycles. The summed E-state index contributed by atoms with van der Waals surface area (Å²) in [6.07, 6.45) is 3.82. The zero-order valence-corrected chi connectivity index (χ0v) is 19.6. The number of hydrogen-bond acceptors (Lipinski definition) is 5. The summed E-state index contributed by atoms with van der Waals surface area (Å²) in [6.45, 7) is 9.73. The van der Waals surface area contributed by atoms with Gasteiger partial charge in [-0.05, 0) is 44.2 Å². The Labute approximate surface area is 189 Å². The molecule has 6 heteroatoms. The molecule has 0 N–H and O–H groups in total. The van der Waals surface area contributed by atoms with E-state index in [-0.39, 0.29) is 5.92 Å². The number of aromatic nitrogens is 2. The number of hydrogen-bond donors (Lipinski definition) is 0. The van der Waals surface area contributed by atoms with Gasteiger partial charge in [0.15, 0.2) is 0 Å². The van der Waals surface area contributed by atoms with E-state index in [0.717, 1.165) is 73.7 Å². The van der Waals surface area contributed by atoms with E-state index in [1.807, 2.05) is 13.0 Å². The van der Waals surface area contributed by atoms with Gasteiger partial charge in [-0.15, -0.1) is 11.3 Å².